The van der Waals surface area contributed by atoms with Crippen LogP contribution in [0.5, 0.6) is 0 Å². The van der Waals surface area contributed by atoms with Crippen molar-refractivity contribution >= 4 is 16.6 Å². The van der Waals surface area contributed by atoms with Crippen LogP contribution in [0.3, 0.4) is 0 Å². The maximum atomic E-state index is 13.1. The number of anilines is 1. The number of aromatic nitrogens is 1. The molecular weight excluding hydrogens is 169 g/mol. The molecule has 0 spiro atoms. The number of rotatable bonds is 1. The summed E-state index contributed by atoms with van der Waals surface area (Å²) in [5.74, 6) is 4.75. The number of nitrogens with zero attached hydrogens (tertiary/aromatic N) is 1. The molecular formula is C9H8FN3. The fraction of sp³-hybridized carbons (Fsp3) is 0. The van der Waals surface area contributed by atoms with Crippen molar-refractivity contribution in [2.24, 2.45) is 5.84 Å². The van der Waals surface area contributed by atoms with E-state index < -0.39 is 0 Å². The highest BCUT2D eigenvalue weighted by Crippen LogP contribution is 2.19. The minimum absolute atomic E-state index is 0.256. The highest BCUT2D eigenvalue weighted by Gasteiger charge is 2.02. The summed E-state index contributed by atoms with van der Waals surface area (Å²) in [4.78, 5) is 4.07. The Kier molecular flexibility index (Phi) is 1.83. The van der Waals surface area contributed by atoms with Gasteiger partial charge in [0.25, 0.3) is 0 Å². The Bertz CT molecular complexity index is 442. The number of halogens is 1. The zero-order valence-corrected chi connectivity index (χ0v) is 6.79. The second-order valence-corrected chi connectivity index (χ2v) is 2.67. The molecule has 4 heteroatoms. The van der Waals surface area contributed by atoms with Crippen LogP contribution < -0.4 is 11.3 Å². The van der Waals surface area contributed by atoms with E-state index in [9.17, 15) is 4.39 Å². The lowest BCUT2D eigenvalue weighted by atomic mass is 10.2. The molecule has 0 unspecified atom stereocenters. The topological polar surface area (TPSA) is 50.9 Å². The molecule has 2 rings (SSSR count). The van der Waals surface area contributed by atoms with Gasteiger partial charge in [-0.05, 0) is 18.2 Å². The molecule has 0 saturated carbocycles. The molecule has 3 nitrogen and oxygen atoms in total. The van der Waals surface area contributed by atoms with Crippen molar-refractivity contribution < 1.29 is 4.39 Å². The molecule has 2 aromatic rings. The van der Waals surface area contributed by atoms with Gasteiger partial charge in [0.05, 0.1) is 11.2 Å². The van der Waals surface area contributed by atoms with Gasteiger partial charge in [-0.15, -0.1) is 0 Å². The minimum atomic E-state index is -0.372. The number of nitrogen functional groups attached to an aromatic ring is 1. The quantitative estimate of drug-likeness (QED) is 0.514. The van der Waals surface area contributed by atoms with Crippen molar-refractivity contribution in [3.05, 3.63) is 36.3 Å². The Hall–Kier alpha value is -1.68. The number of hydrogen-bond acceptors (Lipinski definition) is 3. The van der Waals surface area contributed by atoms with Gasteiger partial charge in [0, 0.05) is 11.6 Å². The van der Waals surface area contributed by atoms with Crippen LogP contribution in [0.1, 0.15) is 0 Å². The van der Waals surface area contributed by atoms with E-state index >= 15 is 0 Å². The monoisotopic (exact) mass is 177 g/mol. The summed E-state index contributed by atoms with van der Waals surface area (Å²) in [5, 5.41) is 0.763. The molecule has 66 valence electrons. The number of fused-ring (bicyclic) bond motifs is 1. The predicted octanol–water partition coefficient (Wildman–Crippen LogP) is 1.66. The van der Waals surface area contributed by atoms with Gasteiger partial charge < -0.3 is 5.43 Å². The second-order valence-electron chi connectivity index (χ2n) is 2.67. The van der Waals surface area contributed by atoms with Crippen molar-refractivity contribution in [3.63, 3.8) is 0 Å². The van der Waals surface area contributed by atoms with Crippen LogP contribution in [0.2, 0.25) is 0 Å². The lowest BCUT2D eigenvalue weighted by Gasteiger charge is -2.03. The van der Waals surface area contributed by atoms with Gasteiger partial charge in [-0.25, -0.2) is 4.39 Å². The number of pyridine rings is 1. The van der Waals surface area contributed by atoms with Crippen molar-refractivity contribution in [2.45, 2.75) is 0 Å². The van der Waals surface area contributed by atoms with Crippen molar-refractivity contribution in [3.8, 4) is 0 Å². The van der Waals surface area contributed by atoms with Crippen LogP contribution >= 0.6 is 0 Å². The average Bonchev–Trinajstić information content (AvgIpc) is 2.17. The number of hydrogen-bond donors (Lipinski definition) is 2. The van der Waals surface area contributed by atoms with E-state index in [4.69, 9.17) is 5.84 Å². The maximum Gasteiger partial charge on any atom is 0.148 e. The summed E-state index contributed by atoms with van der Waals surface area (Å²) in [6.45, 7) is 0. The number of nitrogens with one attached hydrogen (secondary N) is 1. The Balaban J connectivity index is 2.74. The molecule has 0 radical (unpaired) electrons. The fourth-order valence-electron chi connectivity index (χ4n) is 1.20. The molecule has 0 aliphatic rings. The fourth-order valence-corrected chi connectivity index (χ4v) is 1.20. The van der Waals surface area contributed by atoms with E-state index in [1.807, 2.05) is 0 Å². The Morgan fingerprint density at radius 2 is 2.23 bits per heavy atom. The normalized spacial score (nSPS) is 10.3. The summed E-state index contributed by atoms with van der Waals surface area (Å²) in [6.07, 6.45) is 1.65. The second kappa shape index (κ2) is 2.99. The SMILES string of the molecule is NNc1cc2ncccc2cc1F. The summed E-state index contributed by atoms with van der Waals surface area (Å²) < 4.78 is 13.1. The van der Waals surface area contributed by atoms with E-state index in [1.54, 1.807) is 24.4 Å². The van der Waals surface area contributed by atoms with Crippen LogP contribution in [0, 0.1) is 5.82 Å². The van der Waals surface area contributed by atoms with E-state index in [1.165, 1.54) is 6.07 Å². The summed E-state index contributed by atoms with van der Waals surface area (Å²) in [5.41, 5.74) is 3.25. The smallest absolute Gasteiger partial charge is 0.148 e. The standard InChI is InChI=1S/C9H8FN3/c10-7-4-6-2-1-3-12-8(6)5-9(7)13-11/h1-5,13H,11H2. The van der Waals surface area contributed by atoms with Crippen LogP contribution in [0.15, 0.2) is 30.5 Å². The average molecular weight is 177 g/mol. The molecule has 1 heterocycles. The van der Waals surface area contributed by atoms with E-state index in [-0.39, 0.29) is 11.5 Å². The number of benzene rings is 1. The van der Waals surface area contributed by atoms with Crippen molar-refractivity contribution in [2.75, 3.05) is 5.43 Å². The molecule has 0 amide bonds. The minimum Gasteiger partial charge on any atom is -0.321 e. The third-order valence-electron chi connectivity index (χ3n) is 1.85. The summed E-state index contributed by atoms with van der Waals surface area (Å²) >= 11 is 0. The lowest BCUT2D eigenvalue weighted by molar-refractivity contribution is 0.632. The number of nitrogens with two attached hydrogens (primary N) is 1. The maximum absolute atomic E-state index is 13.1. The third kappa shape index (κ3) is 1.31. The third-order valence-corrected chi connectivity index (χ3v) is 1.85. The van der Waals surface area contributed by atoms with E-state index in [2.05, 4.69) is 10.4 Å². The van der Waals surface area contributed by atoms with Crippen LogP contribution in [0.25, 0.3) is 10.9 Å². The van der Waals surface area contributed by atoms with Gasteiger partial charge in [-0.1, -0.05) is 6.07 Å². The van der Waals surface area contributed by atoms with Gasteiger partial charge in [0.1, 0.15) is 5.82 Å². The van der Waals surface area contributed by atoms with Crippen LogP contribution in [-0.2, 0) is 0 Å². The van der Waals surface area contributed by atoms with E-state index in [0.717, 1.165) is 10.9 Å². The molecule has 0 saturated heterocycles. The van der Waals surface area contributed by atoms with Crippen LogP contribution in [-0.4, -0.2) is 4.98 Å². The van der Waals surface area contributed by atoms with Gasteiger partial charge >= 0.3 is 0 Å². The number of hydrazine groups is 1. The van der Waals surface area contributed by atoms with Gasteiger partial charge in [-0.2, -0.15) is 0 Å². The Labute approximate surface area is 74.4 Å². The van der Waals surface area contributed by atoms with Gasteiger partial charge in [0.2, 0.25) is 0 Å². The highest BCUT2D eigenvalue weighted by atomic mass is 19.1. The van der Waals surface area contributed by atoms with Crippen molar-refractivity contribution in [1.29, 1.82) is 0 Å². The molecule has 0 fully saturated rings. The molecule has 3 N–H and O–H groups in total. The van der Waals surface area contributed by atoms with Gasteiger partial charge in [-0.3, -0.25) is 10.8 Å². The highest BCUT2D eigenvalue weighted by molar-refractivity contribution is 5.82. The largest absolute Gasteiger partial charge is 0.321 e. The molecule has 0 aliphatic heterocycles. The van der Waals surface area contributed by atoms with E-state index in [0.29, 0.717) is 0 Å². The molecule has 13 heavy (non-hydrogen) atoms. The van der Waals surface area contributed by atoms with Crippen LogP contribution in [0.4, 0.5) is 10.1 Å². The first kappa shape index (κ1) is 7.94. The molecule has 1 aromatic carbocycles. The molecule has 0 aliphatic carbocycles. The van der Waals surface area contributed by atoms with Gasteiger partial charge in [0.15, 0.2) is 0 Å². The Morgan fingerprint density at radius 3 is 3.00 bits per heavy atom. The zero-order valence-electron chi connectivity index (χ0n) is 6.79. The zero-order chi connectivity index (χ0) is 9.26. The van der Waals surface area contributed by atoms with Crippen molar-refractivity contribution in [1.82, 2.24) is 4.98 Å². The molecule has 0 bridgehead atoms. The molecule has 1 aromatic heterocycles. The summed E-state index contributed by atoms with van der Waals surface area (Å²) in [6, 6.07) is 6.53. The molecule has 0 atom stereocenters. The predicted molar refractivity (Wildman–Crippen MR) is 49.5 cm³/mol. The first-order chi connectivity index (χ1) is 6.31. The first-order valence-electron chi connectivity index (χ1n) is 3.82. The lowest BCUT2D eigenvalue weighted by Crippen LogP contribution is -2.08. The Morgan fingerprint density at radius 1 is 1.38 bits per heavy atom. The first-order valence-corrected chi connectivity index (χ1v) is 3.82. The summed E-state index contributed by atoms with van der Waals surface area (Å²) in [7, 11) is 0.